The molecule has 6 nitrogen and oxygen atoms in total. The molecule has 7 heteroatoms. The molecule has 3 N–H and O–H groups in total. The summed E-state index contributed by atoms with van der Waals surface area (Å²) in [5, 5.41) is 5.28. The first kappa shape index (κ1) is 14.4. The van der Waals surface area contributed by atoms with Gasteiger partial charge in [-0.15, -0.1) is 0 Å². The molecule has 0 bridgehead atoms. The van der Waals surface area contributed by atoms with Crippen molar-refractivity contribution in [2.24, 2.45) is 0 Å². The SMILES string of the molecule is Cc1ccc(S(=O)(=O)Nc2cccc3c2CNC(=O)N3)cc1. The average Bonchev–Trinajstić information content (AvgIpc) is 2.47. The van der Waals surface area contributed by atoms with Crippen LogP contribution in [0.15, 0.2) is 47.4 Å². The third-order valence-electron chi connectivity index (χ3n) is 3.43. The van der Waals surface area contributed by atoms with Gasteiger partial charge in [0.05, 0.1) is 10.6 Å². The number of nitrogens with one attached hydrogen (secondary N) is 3. The molecule has 2 aromatic rings. The Hall–Kier alpha value is -2.54. The fourth-order valence-corrected chi connectivity index (χ4v) is 3.34. The summed E-state index contributed by atoms with van der Waals surface area (Å²) in [7, 11) is -3.67. The van der Waals surface area contributed by atoms with E-state index in [4.69, 9.17) is 0 Å². The summed E-state index contributed by atoms with van der Waals surface area (Å²) in [4.78, 5) is 11.5. The van der Waals surface area contributed by atoms with Crippen molar-refractivity contribution >= 4 is 27.4 Å². The number of rotatable bonds is 3. The zero-order chi connectivity index (χ0) is 15.7. The molecule has 1 heterocycles. The maximum Gasteiger partial charge on any atom is 0.319 e. The Morgan fingerprint density at radius 3 is 2.55 bits per heavy atom. The van der Waals surface area contributed by atoms with E-state index in [1.165, 1.54) is 0 Å². The van der Waals surface area contributed by atoms with Crippen LogP contribution in [0.3, 0.4) is 0 Å². The van der Waals surface area contributed by atoms with Gasteiger partial charge in [-0.05, 0) is 31.2 Å². The van der Waals surface area contributed by atoms with Crippen molar-refractivity contribution in [3.8, 4) is 0 Å². The molecule has 0 fully saturated rings. The van der Waals surface area contributed by atoms with Gasteiger partial charge in [0.2, 0.25) is 0 Å². The zero-order valence-corrected chi connectivity index (χ0v) is 12.7. The van der Waals surface area contributed by atoms with E-state index in [0.717, 1.165) is 5.56 Å². The van der Waals surface area contributed by atoms with Crippen LogP contribution in [-0.4, -0.2) is 14.4 Å². The van der Waals surface area contributed by atoms with Crippen LogP contribution in [0.4, 0.5) is 16.2 Å². The van der Waals surface area contributed by atoms with Crippen LogP contribution in [0.1, 0.15) is 11.1 Å². The summed E-state index contributed by atoms with van der Waals surface area (Å²) < 4.78 is 27.5. The predicted molar refractivity (Wildman–Crippen MR) is 84.3 cm³/mol. The molecule has 114 valence electrons. The number of hydrogen-bond acceptors (Lipinski definition) is 3. The minimum atomic E-state index is -3.67. The normalized spacial score (nSPS) is 13.8. The van der Waals surface area contributed by atoms with Gasteiger partial charge in [0.25, 0.3) is 10.0 Å². The van der Waals surface area contributed by atoms with Gasteiger partial charge in [-0.1, -0.05) is 23.8 Å². The summed E-state index contributed by atoms with van der Waals surface area (Å²) in [5.41, 5.74) is 2.75. The maximum absolute atomic E-state index is 12.4. The summed E-state index contributed by atoms with van der Waals surface area (Å²) in [5.74, 6) is 0. The number of anilines is 2. The van der Waals surface area contributed by atoms with E-state index in [2.05, 4.69) is 15.4 Å². The number of hydrogen-bond donors (Lipinski definition) is 3. The standard InChI is InChI=1S/C15H15N3O3S/c1-10-5-7-11(8-6-10)22(20,21)18-14-4-2-3-13-12(14)9-16-15(19)17-13/h2-8,18H,9H2,1H3,(H2,16,17,19). The first-order chi connectivity index (χ1) is 10.5. The molecule has 0 saturated heterocycles. The second-order valence-electron chi connectivity index (χ2n) is 5.06. The number of aryl methyl sites for hydroxylation is 1. The highest BCUT2D eigenvalue weighted by molar-refractivity contribution is 7.92. The highest BCUT2D eigenvalue weighted by Crippen LogP contribution is 2.28. The van der Waals surface area contributed by atoms with Crippen molar-refractivity contribution in [1.29, 1.82) is 0 Å². The number of urea groups is 1. The van der Waals surface area contributed by atoms with Crippen molar-refractivity contribution in [3.05, 3.63) is 53.6 Å². The molecule has 1 aliphatic heterocycles. The summed E-state index contributed by atoms with van der Waals surface area (Å²) in [6.07, 6.45) is 0. The Morgan fingerprint density at radius 2 is 1.82 bits per heavy atom. The van der Waals surface area contributed by atoms with Crippen LogP contribution in [0, 0.1) is 6.92 Å². The Balaban J connectivity index is 1.95. The van der Waals surface area contributed by atoms with Crippen LogP contribution in [0.5, 0.6) is 0 Å². The molecule has 0 atom stereocenters. The van der Waals surface area contributed by atoms with E-state index >= 15 is 0 Å². The van der Waals surface area contributed by atoms with E-state index < -0.39 is 10.0 Å². The van der Waals surface area contributed by atoms with Crippen molar-refractivity contribution < 1.29 is 13.2 Å². The van der Waals surface area contributed by atoms with Gasteiger partial charge in [-0.25, -0.2) is 13.2 Å². The summed E-state index contributed by atoms with van der Waals surface area (Å²) in [6, 6.07) is 11.4. The largest absolute Gasteiger partial charge is 0.334 e. The highest BCUT2D eigenvalue weighted by atomic mass is 32.2. The second-order valence-corrected chi connectivity index (χ2v) is 6.74. The monoisotopic (exact) mass is 317 g/mol. The first-order valence-electron chi connectivity index (χ1n) is 6.72. The molecule has 0 radical (unpaired) electrons. The van der Waals surface area contributed by atoms with Crippen LogP contribution in [-0.2, 0) is 16.6 Å². The Bertz CT molecular complexity index is 830. The Kier molecular flexibility index (Phi) is 3.50. The molecule has 0 aromatic heterocycles. The van der Waals surface area contributed by atoms with Gasteiger partial charge in [0, 0.05) is 17.8 Å². The molecule has 0 saturated carbocycles. The molecule has 22 heavy (non-hydrogen) atoms. The lowest BCUT2D eigenvalue weighted by atomic mass is 10.1. The zero-order valence-electron chi connectivity index (χ0n) is 11.9. The molecule has 2 amide bonds. The topological polar surface area (TPSA) is 87.3 Å². The molecule has 3 rings (SSSR count). The van der Waals surface area contributed by atoms with Crippen LogP contribution in [0.25, 0.3) is 0 Å². The molecule has 2 aromatic carbocycles. The number of fused-ring (bicyclic) bond motifs is 1. The Morgan fingerprint density at radius 1 is 1.09 bits per heavy atom. The summed E-state index contributed by atoms with van der Waals surface area (Å²) in [6.45, 7) is 2.17. The van der Waals surface area contributed by atoms with E-state index in [0.29, 0.717) is 16.9 Å². The van der Waals surface area contributed by atoms with Gasteiger partial charge in [0.1, 0.15) is 0 Å². The second kappa shape index (κ2) is 5.34. The van der Waals surface area contributed by atoms with Gasteiger partial charge in [0.15, 0.2) is 0 Å². The minimum Gasteiger partial charge on any atom is -0.334 e. The van der Waals surface area contributed by atoms with Crippen LogP contribution in [0.2, 0.25) is 0 Å². The highest BCUT2D eigenvalue weighted by Gasteiger charge is 2.20. The number of carbonyl (C=O) groups is 1. The molecular weight excluding hydrogens is 302 g/mol. The third kappa shape index (κ3) is 2.75. The number of amides is 2. The number of sulfonamides is 1. The van der Waals surface area contributed by atoms with Crippen molar-refractivity contribution in [2.45, 2.75) is 18.4 Å². The van der Waals surface area contributed by atoms with E-state index in [-0.39, 0.29) is 17.5 Å². The average molecular weight is 317 g/mol. The van der Waals surface area contributed by atoms with Crippen molar-refractivity contribution in [2.75, 3.05) is 10.0 Å². The third-order valence-corrected chi connectivity index (χ3v) is 4.81. The lowest BCUT2D eigenvalue weighted by Crippen LogP contribution is -2.34. The van der Waals surface area contributed by atoms with Crippen molar-refractivity contribution in [3.63, 3.8) is 0 Å². The molecule has 0 unspecified atom stereocenters. The minimum absolute atomic E-state index is 0.198. The Labute approximate surface area is 128 Å². The van der Waals surface area contributed by atoms with E-state index in [1.54, 1.807) is 42.5 Å². The number of carbonyl (C=O) groups excluding carboxylic acids is 1. The molecule has 1 aliphatic rings. The van der Waals surface area contributed by atoms with Crippen LogP contribution >= 0.6 is 0 Å². The fourth-order valence-electron chi connectivity index (χ4n) is 2.25. The maximum atomic E-state index is 12.4. The molecule has 0 spiro atoms. The molecule has 0 aliphatic carbocycles. The van der Waals surface area contributed by atoms with E-state index in [9.17, 15) is 13.2 Å². The van der Waals surface area contributed by atoms with Gasteiger partial charge >= 0.3 is 6.03 Å². The van der Waals surface area contributed by atoms with Gasteiger partial charge in [-0.3, -0.25) is 4.72 Å². The predicted octanol–water partition coefficient (Wildman–Crippen LogP) is 2.43. The molecular formula is C15H15N3O3S. The number of benzene rings is 2. The van der Waals surface area contributed by atoms with Crippen molar-refractivity contribution in [1.82, 2.24) is 5.32 Å². The fraction of sp³-hybridized carbons (Fsp3) is 0.133. The summed E-state index contributed by atoms with van der Waals surface area (Å²) >= 11 is 0. The van der Waals surface area contributed by atoms with Gasteiger partial charge in [-0.2, -0.15) is 0 Å². The van der Waals surface area contributed by atoms with E-state index in [1.807, 2.05) is 6.92 Å². The smallest absolute Gasteiger partial charge is 0.319 e. The lowest BCUT2D eigenvalue weighted by molar-refractivity contribution is 0.251. The lowest BCUT2D eigenvalue weighted by Gasteiger charge is -2.21. The van der Waals surface area contributed by atoms with Gasteiger partial charge < -0.3 is 10.6 Å². The first-order valence-corrected chi connectivity index (χ1v) is 8.20. The quantitative estimate of drug-likeness (QED) is 0.812. The van der Waals surface area contributed by atoms with Crippen LogP contribution < -0.4 is 15.4 Å².